The Hall–Kier alpha value is -3.18. The van der Waals surface area contributed by atoms with Crippen LogP contribution in [-0.2, 0) is 4.79 Å². The van der Waals surface area contributed by atoms with Crippen LogP contribution < -0.4 is 5.32 Å². The number of rotatable bonds is 7. The van der Waals surface area contributed by atoms with Crippen molar-refractivity contribution in [2.75, 3.05) is 5.75 Å². The lowest BCUT2D eigenvalue weighted by molar-refractivity contribution is -0.120. The maximum Gasteiger partial charge on any atom is 0.231 e. The highest BCUT2D eigenvalue weighted by Gasteiger charge is 2.30. The van der Waals surface area contributed by atoms with Gasteiger partial charge in [0.05, 0.1) is 17.5 Å². The van der Waals surface area contributed by atoms with Crippen molar-refractivity contribution in [3.05, 3.63) is 54.4 Å². The fourth-order valence-electron chi connectivity index (χ4n) is 2.83. The number of pyridine rings is 1. The summed E-state index contributed by atoms with van der Waals surface area (Å²) >= 11 is 1.28. The second-order valence-corrected chi connectivity index (χ2v) is 8.42. The third-order valence-electron chi connectivity index (χ3n) is 5.03. The monoisotopic (exact) mass is 420 g/mol. The van der Waals surface area contributed by atoms with Crippen molar-refractivity contribution in [2.45, 2.75) is 38.4 Å². The van der Waals surface area contributed by atoms with Crippen molar-refractivity contribution in [3.8, 4) is 23.1 Å². The van der Waals surface area contributed by atoms with Crippen molar-refractivity contribution in [3.63, 3.8) is 0 Å². The fourth-order valence-corrected chi connectivity index (χ4v) is 3.58. The molecule has 3 rings (SSSR count). The van der Waals surface area contributed by atoms with Gasteiger partial charge in [0, 0.05) is 18.0 Å². The van der Waals surface area contributed by atoms with Crippen LogP contribution in [0.2, 0.25) is 0 Å². The Kier molecular flexibility index (Phi) is 6.53. The van der Waals surface area contributed by atoms with Crippen LogP contribution in [0.15, 0.2) is 53.9 Å². The van der Waals surface area contributed by atoms with Crippen LogP contribution in [-0.4, -0.2) is 36.9 Å². The highest BCUT2D eigenvalue weighted by molar-refractivity contribution is 7.99. The summed E-state index contributed by atoms with van der Waals surface area (Å²) in [5.74, 6) is 0.551. The molecule has 2 heterocycles. The van der Waals surface area contributed by atoms with Gasteiger partial charge in [-0.15, -0.1) is 10.2 Å². The lowest BCUT2D eigenvalue weighted by atomic mass is 9.90. The molecule has 1 amide bonds. The molecule has 7 nitrogen and oxygen atoms in total. The van der Waals surface area contributed by atoms with Crippen LogP contribution in [0.1, 0.15) is 26.3 Å². The molecule has 1 N–H and O–H groups in total. The van der Waals surface area contributed by atoms with Crippen molar-refractivity contribution >= 4 is 17.7 Å². The third-order valence-corrected chi connectivity index (χ3v) is 5.96. The first kappa shape index (κ1) is 21.5. The average molecular weight is 421 g/mol. The van der Waals surface area contributed by atoms with Gasteiger partial charge in [-0.05, 0) is 43.5 Å². The molecule has 0 spiro atoms. The van der Waals surface area contributed by atoms with Gasteiger partial charge in [-0.3, -0.25) is 14.3 Å². The number of hydrogen-bond acceptors (Lipinski definition) is 6. The van der Waals surface area contributed by atoms with Gasteiger partial charge in [-0.25, -0.2) is 0 Å². The predicted molar refractivity (Wildman–Crippen MR) is 117 cm³/mol. The second kappa shape index (κ2) is 9.09. The molecule has 0 aliphatic heterocycles. The topological polar surface area (TPSA) is 96.5 Å². The highest BCUT2D eigenvalue weighted by atomic mass is 32.2. The van der Waals surface area contributed by atoms with E-state index in [0.29, 0.717) is 11.0 Å². The largest absolute Gasteiger partial charge is 0.337 e. The lowest BCUT2D eigenvalue weighted by Gasteiger charge is -2.27. The standard InChI is InChI=1S/C22H24N6OS/c1-15(2)22(4,14-23)25-19(29)13-30-21-27-26-20(17-9-7-11-24-12-17)28(21)18-10-6-5-8-16(18)3/h5-12,15H,13H2,1-4H3,(H,25,29). The summed E-state index contributed by atoms with van der Waals surface area (Å²) in [6.07, 6.45) is 3.44. The molecule has 1 unspecified atom stereocenters. The van der Waals surface area contributed by atoms with Crippen LogP contribution in [0.5, 0.6) is 0 Å². The minimum Gasteiger partial charge on any atom is -0.337 e. The lowest BCUT2D eigenvalue weighted by Crippen LogP contribution is -2.49. The smallest absolute Gasteiger partial charge is 0.231 e. The first-order chi connectivity index (χ1) is 14.4. The van der Waals surface area contributed by atoms with E-state index in [2.05, 4.69) is 26.6 Å². The average Bonchev–Trinajstić information content (AvgIpc) is 3.16. The molecule has 0 aliphatic carbocycles. The van der Waals surface area contributed by atoms with Gasteiger partial charge in [0.25, 0.3) is 0 Å². The Morgan fingerprint density at radius 3 is 2.67 bits per heavy atom. The molecule has 0 fully saturated rings. The normalized spacial score (nSPS) is 12.9. The summed E-state index contributed by atoms with van der Waals surface area (Å²) in [6.45, 7) is 7.57. The molecule has 2 aromatic heterocycles. The van der Waals surface area contributed by atoms with Crippen molar-refractivity contribution < 1.29 is 4.79 Å². The molecular weight excluding hydrogens is 396 g/mol. The number of thioether (sulfide) groups is 1. The molecule has 0 bridgehead atoms. The number of nitriles is 1. The van der Waals surface area contributed by atoms with E-state index in [1.54, 1.807) is 19.3 Å². The number of carbonyl (C=O) groups excluding carboxylic acids is 1. The van der Waals surface area contributed by atoms with E-state index in [0.717, 1.165) is 16.8 Å². The first-order valence-corrected chi connectivity index (χ1v) is 10.6. The van der Waals surface area contributed by atoms with Crippen molar-refractivity contribution in [1.29, 1.82) is 5.26 Å². The molecular formula is C22H24N6OS. The number of hydrogen-bond donors (Lipinski definition) is 1. The number of nitrogens with zero attached hydrogens (tertiary/aromatic N) is 5. The van der Waals surface area contributed by atoms with Gasteiger partial charge in [0.2, 0.25) is 5.91 Å². The molecule has 3 aromatic rings. The van der Waals surface area contributed by atoms with E-state index in [4.69, 9.17) is 0 Å². The summed E-state index contributed by atoms with van der Waals surface area (Å²) < 4.78 is 1.94. The van der Waals surface area contributed by atoms with E-state index in [1.807, 2.05) is 61.7 Å². The SMILES string of the molecule is Cc1ccccc1-n1c(SCC(=O)NC(C)(C#N)C(C)C)nnc1-c1cccnc1. The molecule has 8 heteroatoms. The summed E-state index contributed by atoms with van der Waals surface area (Å²) in [6, 6.07) is 13.9. The quantitative estimate of drug-likeness (QED) is 0.584. The first-order valence-electron chi connectivity index (χ1n) is 9.62. The molecule has 1 aromatic carbocycles. The van der Waals surface area contributed by atoms with Gasteiger partial charge in [-0.1, -0.05) is 43.8 Å². The molecule has 30 heavy (non-hydrogen) atoms. The second-order valence-electron chi connectivity index (χ2n) is 7.48. The number of nitrogens with one attached hydrogen (secondary N) is 1. The number of para-hydroxylation sites is 1. The maximum atomic E-state index is 12.5. The van der Waals surface area contributed by atoms with Crippen LogP contribution in [0.4, 0.5) is 0 Å². The van der Waals surface area contributed by atoms with Gasteiger partial charge in [-0.2, -0.15) is 5.26 Å². The van der Waals surface area contributed by atoms with E-state index in [-0.39, 0.29) is 17.6 Å². The van der Waals surface area contributed by atoms with Crippen LogP contribution in [0.25, 0.3) is 17.1 Å². The Morgan fingerprint density at radius 1 is 1.27 bits per heavy atom. The Bertz CT molecular complexity index is 1070. The number of carbonyl (C=O) groups is 1. The Labute approximate surface area is 180 Å². The van der Waals surface area contributed by atoms with Crippen LogP contribution >= 0.6 is 11.8 Å². The van der Waals surface area contributed by atoms with Crippen LogP contribution in [0.3, 0.4) is 0 Å². The van der Waals surface area contributed by atoms with Gasteiger partial charge in [0.1, 0.15) is 5.54 Å². The van der Waals surface area contributed by atoms with Crippen LogP contribution in [0, 0.1) is 24.2 Å². The predicted octanol–water partition coefficient (Wildman–Crippen LogP) is 3.78. The Balaban J connectivity index is 1.91. The number of benzene rings is 1. The molecule has 0 saturated heterocycles. The summed E-state index contributed by atoms with van der Waals surface area (Å²) in [4.78, 5) is 16.7. The fraction of sp³-hybridized carbons (Fsp3) is 0.318. The maximum absolute atomic E-state index is 12.5. The van der Waals surface area contributed by atoms with E-state index in [9.17, 15) is 10.1 Å². The number of aryl methyl sites for hydroxylation is 1. The minimum atomic E-state index is -0.914. The van der Waals surface area contributed by atoms with Gasteiger partial charge in [0.15, 0.2) is 11.0 Å². The highest BCUT2D eigenvalue weighted by Crippen LogP contribution is 2.29. The number of aromatic nitrogens is 4. The van der Waals surface area contributed by atoms with E-state index < -0.39 is 5.54 Å². The summed E-state index contributed by atoms with van der Waals surface area (Å²) in [7, 11) is 0. The molecule has 0 saturated carbocycles. The molecule has 154 valence electrons. The summed E-state index contributed by atoms with van der Waals surface area (Å²) in [5, 5.41) is 21.6. The Morgan fingerprint density at radius 2 is 2.03 bits per heavy atom. The zero-order chi connectivity index (χ0) is 21.7. The van der Waals surface area contributed by atoms with E-state index >= 15 is 0 Å². The zero-order valence-electron chi connectivity index (χ0n) is 17.5. The van der Waals surface area contributed by atoms with Gasteiger partial charge >= 0.3 is 0 Å². The molecule has 1 atom stereocenters. The minimum absolute atomic E-state index is 0.00995. The summed E-state index contributed by atoms with van der Waals surface area (Å²) in [5.41, 5.74) is 1.92. The number of amides is 1. The van der Waals surface area contributed by atoms with Crippen molar-refractivity contribution in [1.82, 2.24) is 25.1 Å². The molecule has 0 aliphatic rings. The zero-order valence-corrected chi connectivity index (χ0v) is 18.3. The third kappa shape index (κ3) is 4.52. The van der Waals surface area contributed by atoms with Crippen molar-refractivity contribution in [2.24, 2.45) is 5.92 Å². The van der Waals surface area contributed by atoms with Gasteiger partial charge < -0.3 is 5.32 Å². The molecule has 0 radical (unpaired) electrons. The van der Waals surface area contributed by atoms with E-state index in [1.165, 1.54) is 11.8 Å².